The second kappa shape index (κ2) is 16.8. The van der Waals surface area contributed by atoms with Gasteiger partial charge in [-0.3, -0.25) is 4.79 Å². The number of hydrogen-bond acceptors (Lipinski definition) is 2. The minimum atomic E-state index is -0.00333. The van der Waals surface area contributed by atoms with Crippen molar-refractivity contribution in [3.05, 3.63) is 103 Å². The number of benzene rings is 2. The first-order valence-corrected chi connectivity index (χ1v) is 7.98. The molecule has 5 nitrogen and oxygen atoms in total. The van der Waals surface area contributed by atoms with E-state index in [4.69, 9.17) is 25.6 Å². The summed E-state index contributed by atoms with van der Waals surface area (Å²) in [4.78, 5) is 14.0. The number of carbonyl (C=O) groups excluding carboxylic acids is 1. The molecule has 0 saturated carbocycles. The molecule has 0 radical (unpaired) electrons. The second-order valence-corrected chi connectivity index (χ2v) is 5.59. The summed E-state index contributed by atoms with van der Waals surface area (Å²) in [5, 5.41) is 0.712. The average molecular weight is 434 g/mol. The molecule has 0 amide bonds. The molecule has 0 bridgehead atoms. The van der Waals surface area contributed by atoms with Gasteiger partial charge in [0.15, 0.2) is 5.78 Å². The Morgan fingerprint density at radius 2 is 1.46 bits per heavy atom. The Hall–Kier alpha value is -2.31. The number of halogens is 1. The summed E-state index contributed by atoms with van der Waals surface area (Å²) in [6, 6.07) is 18.0. The fourth-order valence-corrected chi connectivity index (χ4v) is 2.91. The SMILES string of the molecule is O=C1C=CN(Cc2ccccc2)[C@@H](c2ccccc2Cl)C1.[C-]#[O+].[C-]#[O+].[C-]#[O+].[Cr]. The molecule has 1 atom stereocenters. The first-order valence-electron chi connectivity index (χ1n) is 7.60. The van der Waals surface area contributed by atoms with Crippen LogP contribution in [0.1, 0.15) is 23.6 Å². The molecule has 1 heterocycles. The first kappa shape index (κ1) is 27.9. The predicted molar refractivity (Wildman–Crippen MR) is 96.7 cm³/mol. The Balaban J connectivity index is 0. The zero-order valence-electron chi connectivity index (χ0n) is 14.7. The quantitative estimate of drug-likeness (QED) is 0.535. The first-order chi connectivity index (χ1) is 13.2. The van der Waals surface area contributed by atoms with Crippen LogP contribution in [-0.4, -0.2) is 10.7 Å². The van der Waals surface area contributed by atoms with Crippen LogP contribution in [0.2, 0.25) is 5.02 Å². The summed E-state index contributed by atoms with van der Waals surface area (Å²) < 4.78 is 22.5. The Labute approximate surface area is 180 Å². The summed E-state index contributed by atoms with van der Waals surface area (Å²) in [7, 11) is 0. The number of ketones is 1. The number of allylic oxidation sites excluding steroid dienone is 1. The van der Waals surface area contributed by atoms with Crippen molar-refractivity contribution in [3.63, 3.8) is 0 Å². The molecule has 0 saturated heterocycles. The monoisotopic (exact) mass is 433 g/mol. The van der Waals surface area contributed by atoms with Crippen molar-refractivity contribution in [2.75, 3.05) is 0 Å². The molecule has 2 aromatic rings. The Bertz CT molecular complexity index is 789. The number of nitrogens with zero attached hydrogens (tertiary/aromatic N) is 1. The van der Waals surface area contributed by atoms with E-state index in [1.807, 2.05) is 48.7 Å². The van der Waals surface area contributed by atoms with Crippen LogP contribution in [0.25, 0.3) is 0 Å². The molecule has 142 valence electrons. The molecule has 0 fully saturated rings. The van der Waals surface area contributed by atoms with E-state index in [1.165, 1.54) is 5.56 Å². The summed E-state index contributed by atoms with van der Waals surface area (Å²) in [5.74, 6) is 0.143. The molecule has 1 aliphatic rings. The maximum absolute atomic E-state index is 11.8. The second-order valence-electron chi connectivity index (χ2n) is 5.18. The van der Waals surface area contributed by atoms with Gasteiger partial charge in [0, 0.05) is 41.5 Å². The molecule has 0 unspecified atom stereocenters. The van der Waals surface area contributed by atoms with Gasteiger partial charge in [-0.15, -0.1) is 0 Å². The van der Waals surface area contributed by atoms with Crippen LogP contribution in [0.15, 0.2) is 66.9 Å². The molecular formula is C21H16ClCrNO4. The molecule has 0 spiro atoms. The molecule has 7 heteroatoms. The summed E-state index contributed by atoms with van der Waals surface area (Å²) in [5.41, 5.74) is 2.22. The van der Waals surface area contributed by atoms with Crippen LogP contribution >= 0.6 is 11.6 Å². The third-order valence-corrected chi connectivity index (χ3v) is 4.06. The van der Waals surface area contributed by atoms with Gasteiger partial charge >= 0.3 is 33.9 Å². The molecule has 0 aromatic heterocycles. The minimum absolute atomic E-state index is 0. The molecule has 0 N–H and O–H groups in total. The van der Waals surface area contributed by atoms with E-state index in [2.05, 4.69) is 37.0 Å². The summed E-state index contributed by atoms with van der Waals surface area (Å²) in [6.07, 6.45) is 4.00. The van der Waals surface area contributed by atoms with Crippen LogP contribution in [0.3, 0.4) is 0 Å². The maximum atomic E-state index is 11.8. The smallest absolute Gasteiger partial charge is 0 e. The summed E-state index contributed by atoms with van der Waals surface area (Å²) >= 11 is 6.31. The predicted octanol–water partition coefficient (Wildman–Crippen LogP) is 4.25. The van der Waals surface area contributed by atoms with Gasteiger partial charge in [-0.1, -0.05) is 60.1 Å². The van der Waals surface area contributed by atoms with Crippen LogP contribution in [-0.2, 0) is 42.7 Å². The zero-order valence-corrected chi connectivity index (χ0v) is 16.7. The van der Waals surface area contributed by atoms with Gasteiger partial charge in [0.05, 0.1) is 6.04 Å². The van der Waals surface area contributed by atoms with Gasteiger partial charge in [-0.05, 0) is 23.3 Å². The number of hydrogen-bond donors (Lipinski definition) is 0. The van der Waals surface area contributed by atoms with Gasteiger partial charge in [0.25, 0.3) is 0 Å². The Kier molecular flexibility index (Phi) is 16.8. The zero-order chi connectivity index (χ0) is 20.7. The van der Waals surface area contributed by atoms with Crippen LogP contribution in [0.5, 0.6) is 0 Å². The largest absolute Gasteiger partial charge is 0 e. The third kappa shape index (κ3) is 8.59. The van der Waals surface area contributed by atoms with Crippen LogP contribution in [0.4, 0.5) is 0 Å². The van der Waals surface area contributed by atoms with Crippen LogP contribution < -0.4 is 0 Å². The fourth-order valence-electron chi connectivity index (χ4n) is 2.65. The van der Waals surface area contributed by atoms with E-state index in [-0.39, 0.29) is 29.2 Å². The van der Waals surface area contributed by atoms with Gasteiger partial charge in [0.2, 0.25) is 0 Å². The Morgan fingerprint density at radius 3 is 2.04 bits per heavy atom. The van der Waals surface area contributed by atoms with Gasteiger partial charge in [-0.2, -0.15) is 0 Å². The van der Waals surface area contributed by atoms with Crippen molar-refractivity contribution in [2.24, 2.45) is 0 Å². The number of rotatable bonds is 3. The Morgan fingerprint density at radius 1 is 0.929 bits per heavy atom. The number of carbonyl (C=O) groups is 1. The summed E-state index contributed by atoms with van der Waals surface area (Å²) in [6.45, 7) is 14.3. The van der Waals surface area contributed by atoms with Gasteiger partial charge in [0.1, 0.15) is 0 Å². The van der Waals surface area contributed by atoms with E-state index in [0.717, 1.165) is 12.1 Å². The van der Waals surface area contributed by atoms with Crippen molar-refractivity contribution in [3.8, 4) is 0 Å². The van der Waals surface area contributed by atoms with Crippen molar-refractivity contribution >= 4 is 17.4 Å². The van der Waals surface area contributed by atoms with Crippen molar-refractivity contribution in [2.45, 2.75) is 19.0 Å². The van der Waals surface area contributed by atoms with E-state index in [1.54, 1.807) is 6.08 Å². The van der Waals surface area contributed by atoms with E-state index < -0.39 is 0 Å². The van der Waals surface area contributed by atoms with E-state index in [0.29, 0.717) is 11.4 Å². The van der Waals surface area contributed by atoms with Crippen molar-refractivity contribution in [1.29, 1.82) is 0 Å². The minimum Gasteiger partial charge on any atom is 0 e. The average Bonchev–Trinajstić information content (AvgIpc) is 2.75. The standard InChI is InChI=1S/C18H16ClNO.3CO.Cr/c19-17-9-5-4-8-16(17)18-12-15(21)10-11-20(18)13-14-6-2-1-3-7-14;3*1-2;/h1-11,18H,12-13H2;;;;/t18-;;;;/m1..../s1. The fraction of sp³-hybridized carbons (Fsp3) is 0.143. The molecular weight excluding hydrogens is 418 g/mol. The van der Waals surface area contributed by atoms with E-state index >= 15 is 0 Å². The molecule has 0 aliphatic carbocycles. The topological polar surface area (TPSA) is 80.0 Å². The molecule has 28 heavy (non-hydrogen) atoms. The van der Waals surface area contributed by atoms with Gasteiger partial charge in [-0.25, -0.2) is 0 Å². The molecule has 3 rings (SSSR count). The van der Waals surface area contributed by atoms with Crippen molar-refractivity contribution in [1.82, 2.24) is 4.90 Å². The molecule has 1 aliphatic heterocycles. The van der Waals surface area contributed by atoms with Crippen molar-refractivity contribution < 1.29 is 36.1 Å². The maximum Gasteiger partial charge on any atom is 0 e. The van der Waals surface area contributed by atoms with Gasteiger partial charge < -0.3 is 4.90 Å². The van der Waals surface area contributed by atoms with E-state index in [9.17, 15) is 4.79 Å². The third-order valence-electron chi connectivity index (χ3n) is 3.72. The normalized spacial score (nSPS) is 13.8. The molecule has 2 aromatic carbocycles. The van der Waals surface area contributed by atoms with Crippen LogP contribution in [0, 0.1) is 20.0 Å².